The number of benzene rings is 1. The molecule has 0 bridgehead atoms. The number of hydrogen-bond donors (Lipinski definition) is 2. The van der Waals surface area contributed by atoms with Crippen molar-refractivity contribution in [2.75, 3.05) is 7.11 Å². The quantitative estimate of drug-likeness (QED) is 0.606. The normalized spacial score (nSPS) is 13.9. The lowest BCUT2D eigenvalue weighted by Crippen LogP contribution is -2.44. The molecule has 3 heteroatoms. The van der Waals surface area contributed by atoms with E-state index in [2.05, 4.69) is 37.5 Å². The van der Waals surface area contributed by atoms with Gasteiger partial charge < -0.3 is 4.74 Å². The number of hydrogen-bond acceptors (Lipinski definition) is 3. The number of methoxy groups -OCH3 is 1. The number of nitrogens with two attached hydrogens (primary N) is 1. The fourth-order valence-electron chi connectivity index (χ4n) is 1.99. The second kappa shape index (κ2) is 4.95. The molecular weight excluding hydrogens is 200 g/mol. The Morgan fingerprint density at radius 3 is 2.06 bits per heavy atom. The van der Waals surface area contributed by atoms with Gasteiger partial charge in [-0.15, -0.1) is 0 Å². The molecule has 0 saturated carbocycles. The third kappa shape index (κ3) is 2.82. The van der Waals surface area contributed by atoms with Crippen LogP contribution in [0.25, 0.3) is 0 Å². The highest BCUT2D eigenvalue weighted by Gasteiger charge is 2.29. The van der Waals surface area contributed by atoms with Crippen LogP contribution in [0, 0.1) is 13.8 Å². The van der Waals surface area contributed by atoms with Crippen molar-refractivity contribution in [3.05, 3.63) is 34.9 Å². The van der Waals surface area contributed by atoms with Gasteiger partial charge in [0.05, 0.1) is 11.6 Å². The Morgan fingerprint density at radius 1 is 1.19 bits per heavy atom. The van der Waals surface area contributed by atoms with E-state index in [1.807, 2.05) is 13.8 Å². The van der Waals surface area contributed by atoms with Gasteiger partial charge in [0, 0.05) is 7.11 Å². The third-order valence-corrected chi connectivity index (χ3v) is 2.97. The van der Waals surface area contributed by atoms with E-state index in [1.165, 1.54) is 11.1 Å². The van der Waals surface area contributed by atoms with Gasteiger partial charge in [-0.05, 0) is 33.3 Å². The topological polar surface area (TPSA) is 47.3 Å². The molecule has 16 heavy (non-hydrogen) atoms. The van der Waals surface area contributed by atoms with Crippen LogP contribution < -0.4 is 11.3 Å². The fraction of sp³-hybridized carbons (Fsp3) is 0.538. The molecule has 1 rings (SSSR count). The SMILES string of the molecule is COC(C)(C)C(NN)c1cc(C)cc(C)c1. The third-order valence-electron chi connectivity index (χ3n) is 2.97. The summed E-state index contributed by atoms with van der Waals surface area (Å²) in [5.41, 5.74) is 6.14. The van der Waals surface area contributed by atoms with Crippen LogP contribution in [0.3, 0.4) is 0 Å². The second-order valence-electron chi connectivity index (χ2n) is 4.83. The first kappa shape index (κ1) is 13.2. The first-order chi connectivity index (χ1) is 7.40. The largest absolute Gasteiger partial charge is 0.377 e. The van der Waals surface area contributed by atoms with E-state index in [0.717, 1.165) is 5.56 Å². The van der Waals surface area contributed by atoms with Crippen molar-refractivity contribution in [2.45, 2.75) is 39.3 Å². The summed E-state index contributed by atoms with van der Waals surface area (Å²) >= 11 is 0. The number of nitrogens with one attached hydrogen (secondary N) is 1. The first-order valence-electron chi connectivity index (χ1n) is 5.50. The summed E-state index contributed by atoms with van der Waals surface area (Å²) in [5, 5.41) is 0. The van der Waals surface area contributed by atoms with Gasteiger partial charge in [-0.25, -0.2) is 0 Å². The number of ether oxygens (including phenoxy) is 1. The lowest BCUT2D eigenvalue weighted by atomic mass is 9.90. The van der Waals surface area contributed by atoms with Gasteiger partial charge in [0.1, 0.15) is 0 Å². The minimum atomic E-state index is -0.338. The van der Waals surface area contributed by atoms with Crippen molar-refractivity contribution in [3.8, 4) is 0 Å². The van der Waals surface area contributed by atoms with Gasteiger partial charge in [-0.3, -0.25) is 11.3 Å². The lowest BCUT2D eigenvalue weighted by Gasteiger charge is -2.33. The standard InChI is InChI=1S/C13H22N2O/c1-9-6-10(2)8-11(7-9)12(15-14)13(3,4)16-5/h6-8,12,15H,14H2,1-5H3. The maximum atomic E-state index is 5.64. The summed E-state index contributed by atoms with van der Waals surface area (Å²) < 4.78 is 5.48. The van der Waals surface area contributed by atoms with E-state index in [1.54, 1.807) is 7.11 Å². The Bertz CT molecular complexity index is 341. The molecule has 3 nitrogen and oxygen atoms in total. The van der Waals surface area contributed by atoms with Crippen LogP contribution in [0.15, 0.2) is 18.2 Å². The number of aryl methyl sites for hydroxylation is 2. The van der Waals surface area contributed by atoms with Gasteiger partial charge in [0.15, 0.2) is 0 Å². The molecule has 0 aliphatic rings. The van der Waals surface area contributed by atoms with Crippen LogP contribution in [-0.2, 0) is 4.74 Å². The zero-order chi connectivity index (χ0) is 12.3. The molecule has 0 amide bonds. The Labute approximate surface area is 98.0 Å². The number of rotatable bonds is 4. The molecule has 1 aromatic carbocycles. The molecule has 90 valence electrons. The molecule has 1 unspecified atom stereocenters. The van der Waals surface area contributed by atoms with Gasteiger partial charge in [-0.2, -0.15) is 0 Å². The molecule has 0 aromatic heterocycles. The Morgan fingerprint density at radius 2 is 1.69 bits per heavy atom. The summed E-state index contributed by atoms with van der Waals surface area (Å²) in [6, 6.07) is 6.41. The van der Waals surface area contributed by atoms with E-state index in [0.29, 0.717) is 0 Å². The highest BCUT2D eigenvalue weighted by molar-refractivity contribution is 5.32. The molecular formula is C13H22N2O. The van der Waals surface area contributed by atoms with Crippen molar-refractivity contribution in [1.82, 2.24) is 5.43 Å². The summed E-state index contributed by atoms with van der Waals surface area (Å²) in [6.45, 7) is 8.22. The van der Waals surface area contributed by atoms with Crippen molar-refractivity contribution < 1.29 is 4.74 Å². The zero-order valence-electron chi connectivity index (χ0n) is 10.8. The molecule has 3 N–H and O–H groups in total. The van der Waals surface area contributed by atoms with E-state index in [-0.39, 0.29) is 11.6 Å². The van der Waals surface area contributed by atoms with Crippen LogP contribution in [0.1, 0.15) is 36.6 Å². The monoisotopic (exact) mass is 222 g/mol. The van der Waals surface area contributed by atoms with Crippen molar-refractivity contribution in [2.24, 2.45) is 5.84 Å². The van der Waals surface area contributed by atoms with Crippen molar-refractivity contribution in [3.63, 3.8) is 0 Å². The van der Waals surface area contributed by atoms with Crippen LogP contribution in [0.4, 0.5) is 0 Å². The molecule has 0 spiro atoms. The predicted molar refractivity (Wildman–Crippen MR) is 67.1 cm³/mol. The van der Waals surface area contributed by atoms with Gasteiger partial charge in [-0.1, -0.05) is 29.3 Å². The Balaban J connectivity index is 3.13. The van der Waals surface area contributed by atoms with Crippen molar-refractivity contribution in [1.29, 1.82) is 0 Å². The fourth-order valence-corrected chi connectivity index (χ4v) is 1.99. The highest BCUT2D eigenvalue weighted by atomic mass is 16.5. The molecule has 0 fully saturated rings. The molecule has 1 atom stereocenters. The van der Waals surface area contributed by atoms with E-state index < -0.39 is 0 Å². The predicted octanol–water partition coefficient (Wildman–Crippen LogP) is 2.23. The Hall–Kier alpha value is -0.900. The van der Waals surface area contributed by atoms with Crippen LogP contribution in [-0.4, -0.2) is 12.7 Å². The zero-order valence-corrected chi connectivity index (χ0v) is 10.8. The molecule has 0 heterocycles. The average molecular weight is 222 g/mol. The van der Waals surface area contributed by atoms with E-state index in [4.69, 9.17) is 10.6 Å². The van der Waals surface area contributed by atoms with Crippen LogP contribution in [0.5, 0.6) is 0 Å². The van der Waals surface area contributed by atoms with Crippen molar-refractivity contribution >= 4 is 0 Å². The molecule has 0 aliphatic carbocycles. The summed E-state index contributed by atoms with van der Waals surface area (Å²) in [6.07, 6.45) is 0. The first-order valence-corrected chi connectivity index (χ1v) is 5.50. The summed E-state index contributed by atoms with van der Waals surface area (Å²) in [4.78, 5) is 0. The minimum Gasteiger partial charge on any atom is -0.377 e. The summed E-state index contributed by atoms with van der Waals surface area (Å²) in [5.74, 6) is 5.64. The smallest absolute Gasteiger partial charge is 0.0829 e. The highest BCUT2D eigenvalue weighted by Crippen LogP contribution is 2.28. The molecule has 0 aliphatic heterocycles. The number of hydrazine groups is 1. The minimum absolute atomic E-state index is 0.0175. The van der Waals surface area contributed by atoms with Gasteiger partial charge in [0.25, 0.3) is 0 Å². The maximum Gasteiger partial charge on any atom is 0.0829 e. The lowest BCUT2D eigenvalue weighted by molar-refractivity contribution is -0.0111. The summed E-state index contributed by atoms with van der Waals surface area (Å²) in [7, 11) is 1.70. The van der Waals surface area contributed by atoms with E-state index in [9.17, 15) is 0 Å². The molecule has 1 aromatic rings. The molecule has 0 saturated heterocycles. The van der Waals surface area contributed by atoms with Crippen LogP contribution >= 0.6 is 0 Å². The second-order valence-corrected chi connectivity index (χ2v) is 4.83. The molecule has 0 radical (unpaired) electrons. The van der Waals surface area contributed by atoms with E-state index >= 15 is 0 Å². The van der Waals surface area contributed by atoms with Crippen LogP contribution in [0.2, 0.25) is 0 Å². The van der Waals surface area contributed by atoms with Gasteiger partial charge >= 0.3 is 0 Å². The Kier molecular flexibility index (Phi) is 4.08. The maximum absolute atomic E-state index is 5.64. The average Bonchev–Trinajstić information content (AvgIpc) is 2.16. The van der Waals surface area contributed by atoms with Gasteiger partial charge in [0.2, 0.25) is 0 Å².